The van der Waals surface area contributed by atoms with Crippen LogP contribution in [-0.4, -0.2) is 15.1 Å². The fourth-order valence-electron chi connectivity index (χ4n) is 2.81. The van der Waals surface area contributed by atoms with Crippen LogP contribution in [0.25, 0.3) is 11.4 Å². The molecular weight excluding hydrogens is 316 g/mol. The van der Waals surface area contributed by atoms with Crippen molar-refractivity contribution in [3.05, 3.63) is 60.2 Å². The zero-order chi connectivity index (χ0) is 17.1. The molecule has 25 heavy (non-hydrogen) atoms. The van der Waals surface area contributed by atoms with Crippen molar-refractivity contribution in [2.24, 2.45) is 0 Å². The van der Waals surface area contributed by atoms with Gasteiger partial charge in [0.05, 0.1) is 6.07 Å². The Balaban J connectivity index is 1.52. The maximum absolute atomic E-state index is 9.39. The van der Waals surface area contributed by atoms with E-state index in [1.54, 1.807) is 12.4 Å². The molecule has 0 unspecified atom stereocenters. The van der Waals surface area contributed by atoms with E-state index in [1.807, 2.05) is 36.4 Å². The molecule has 124 valence electrons. The van der Waals surface area contributed by atoms with Gasteiger partial charge < -0.3 is 9.26 Å². The molecule has 6 nitrogen and oxygen atoms in total. The Morgan fingerprint density at radius 2 is 2.16 bits per heavy atom. The van der Waals surface area contributed by atoms with Crippen molar-refractivity contribution in [1.82, 2.24) is 15.1 Å². The Bertz CT molecular complexity index is 910. The second-order valence-corrected chi connectivity index (χ2v) is 6.15. The lowest BCUT2D eigenvalue weighted by Crippen LogP contribution is -2.32. The summed E-state index contributed by atoms with van der Waals surface area (Å²) in [5, 5.41) is 13.4. The second kappa shape index (κ2) is 6.36. The number of nitrogens with zero attached hydrogens (tertiary/aromatic N) is 4. The van der Waals surface area contributed by atoms with Crippen molar-refractivity contribution in [2.45, 2.75) is 31.3 Å². The third-order valence-electron chi connectivity index (χ3n) is 4.48. The average molecular weight is 332 g/mol. The first-order chi connectivity index (χ1) is 12.3. The molecule has 3 aromatic rings. The van der Waals surface area contributed by atoms with E-state index in [4.69, 9.17) is 9.26 Å². The van der Waals surface area contributed by atoms with Crippen molar-refractivity contribution >= 4 is 0 Å². The smallest absolute Gasteiger partial charge is 0.247 e. The molecule has 1 fully saturated rings. The summed E-state index contributed by atoms with van der Waals surface area (Å²) in [6.07, 6.45) is 6.07. The fraction of sp³-hybridized carbons (Fsp3) is 0.263. The first-order valence-electron chi connectivity index (χ1n) is 8.17. The molecule has 0 N–H and O–H groups in total. The molecule has 2 heterocycles. The first-order valence-corrected chi connectivity index (χ1v) is 8.17. The third-order valence-corrected chi connectivity index (χ3v) is 4.48. The minimum atomic E-state index is -0.598. The maximum atomic E-state index is 9.39. The molecule has 1 aliphatic carbocycles. The number of benzene rings is 1. The quantitative estimate of drug-likeness (QED) is 0.709. The first kappa shape index (κ1) is 15.3. The lowest BCUT2D eigenvalue weighted by Gasteiger charge is -2.30. The van der Waals surface area contributed by atoms with Crippen molar-refractivity contribution < 1.29 is 9.26 Å². The Hall–Kier alpha value is -3.20. The molecule has 4 rings (SSSR count). The van der Waals surface area contributed by atoms with Crippen molar-refractivity contribution in [3.8, 4) is 23.2 Å². The predicted octanol–water partition coefficient (Wildman–Crippen LogP) is 3.66. The number of pyridine rings is 1. The lowest BCUT2D eigenvalue weighted by atomic mass is 9.70. The number of rotatable bonds is 5. The fourth-order valence-corrected chi connectivity index (χ4v) is 2.81. The van der Waals surface area contributed by atoms with Gasteiger partial charge in [-0.2, -0.15) is 10.2 Å². The van der Waals surface area contributed by atoms with Crippen molar-refractivity contribution in [2.75, 3.05) is 0 Å². The van der Waals surface area contributed by atoms with E-state index in [2.05, 4.69) is 21.2 Å². The largest absolute Gasteiger partial charge is 0.489 e. The van der Waals surface area contributed by atoms with Crippen LogP contribution < -0.4 is 4.74 Å². The lowest BCUT2D eigenvalue weighted by molar-refractivity contribution is 0.232. The number of hydrogen-bond donors (Lipinski definition) is 0. The normalized spacial score (nSPS) is 15.2. The van der Waals surface area contributed by atoms with Gasteiger partial charge in [-0.05, 0) is 37.5 Å². The average Bonchev–Trinajstić information content (AvgIpc) is 3.11. The molecule has 2 aromatic heterocycles. The molecule has 0 bridgehead atoms. The molecule has 0 amide bonds. The molecule has 0 atom stereocenters. The van der Waals surface area contributed by atoms with Crippen LogP contribution in [0.4, 0.5) is 0 Å². The van der Waals surface area contributed by atoms with Crippen LogP contribution in [0.3, 0.4) is 0 Å². The highest BCUT2D eigenvalue weighted by Crippen LogP contribution is 2.42. The summed E-state index contributed by atoms with van der Waals surface area (Å²) >= 11 is 0. The zero-order valence-electron chi connectivity index (χ0n) is 13.6. The summed E-state index contributed by atoms with van der Waals surface area (Å²) < 4.78 is 11.2. The van der Waals surface area contributed by atoms with E-state index in [9.17, 15) is 5.26 Å². The van der Waals surface area contributed by atoms with Crippen LogP contribution in [0.5, 0.6) is 5.75 Å². The summed E-state index contributed by atoms with van der Waals surface area (Å²) in [4.78, 5) is 8.51. The van der Waals surface area contributed by atoms with Crippen LogP contribution in [0.15, 0.2) is 53.3 Å². The van der Waals surface area contributed by atoms with Gasteiger partial charge >= 0.3 is 0 Å². The molecule has 1 saturated carbocycles. The highest BCUT2D eigenvalue weighted by atomic mass is 16.5. The molecule has 1 aromatic carbocycles. The van der Waals surface area contributed by atoms with Gasteiger partial charge in [0.25, 0.3) is 0 Å². The SMILES string of the molecule is N#CC1(c2nc(-c3cccc(OCc4cccnc4)c3)no2)CCC1. The van der Waals surface area contributed by atoms with E-state index in [1.165, 1.54) is 0 Å². The van der Waals surface area contributed by atoms with Gasteiger partial charge in [0.15, 0.2) is 0 Å². The van der Waals surface area contributed by atoms with Gasteiger partial charge in [-0.3, -0.25) is 4.98 Å². The molecule has 1 aliphatic rings. The zero-order valence-corrected chi connectivity index (χ0v) is 13.6. The Labute approximate surface area is 145 Å². The Morgan fingerprint density at radius 1 is 1.24 bits per heavy atom. The number of hydrogen-bond acceptors (Lipinski definition) is 6. The van der Waals surface area contributed by atoms with E-state index in [0.29, 0.717) is 24.1 Å². The van der Waals surface area contributed by atoms with Crippen LogP contribution in [0.2, 0.25) is 0 Å². The highest BCUT2D eigenvalue weighted by Gasteiger charge is 2.44. The van der Waals surface area contributed by atoms with E-state index < -0.39 is 5.41 Å². The van der Waals surface area contributed by atoms with Crippen LogP contribution in [0, 0.1) is 11.3 Å². The van der Waals surface area contributed by atoms with Gasteiger partial charge in [0.1, 0.15) is 17.8 Å². The maximum Gasteiger partial charge on any atom is 0.247 e. The Kier molecular flexibility index (Phi) is 3.90. The molecule has 6 heteroatoms. The van der Waals surface area contributed by atoms with Gasteiger partial charge in [-0.1, -0.05) is 23.4 Å². The van der Waals surface area contributed by atoms with Gasteiger partial charge in [0, 0.05) is 23.5 Å². The van der Waals surface area contributed by atoms with Crippen LogP contribution >= 0.6 is 0 Å². The molecule has 0 saturated heterocycles. The predicted molar refractivity (Wildman–Crippen MR) is 89.4 cm³/mol. The van der Waals surface area contributed by atoms with Crippen LogP contribution in [0.1, 0.15) is 30.7 Å². The van der Waals surface area contributed by atoms with E-state index in [-0.39, 0.29) is 0 Å². The summed E-state index contributed by atoms with van der Waals surface area (Å²) in [6, 6.07) is 13.7. The molecular formula is C19H16N4O2. The second-order valence-electron chi connectivity index (χ2n) is 6.15. The van der Waals surface area contributed by atoms with Crippen molar-refractivity contribution in [1.29, 1.82) is 5.26 Å². The number of ether oxygens (including phenoxy) is 1. The third kappa shape index (κ3) is 2.96. The van der Waals surface area contributed by atoms with Gasteiger partial charge in [-0.15, -0.1) is 0 Å². The van der Waals surface area contributed by atoms with E-state index in [0.717, 1.165) is 30.4 Å². The van der Waals surface area contributed by atoms with Gasteiger partial charge in [0.2, 0.25) is 11.7 Å². The van der Waals surface area contributed by atoms with E-state index >= 15 is 0 Å². The summed E-state index contributed by atoms with van der Waals surface area (Å²) in [5.74, 6) is 1.60. The number of nitriles is 1. The van der Waals surface area contributed by atoms with Gasteiger partial charge in [-0.25, -0.2) is 0 Å². The number of aromatic nitrogens is 3. The summed E-state index contributed by atoms with van der Waals surface area (Å²) in [5.41, 5.74) is 1.20. The molecule has 0 spiro atoms. The molecule has 0 radical (unpaired) electrons. The topological polar surface area (TPSA) is 84.8 Å². The monoisotopic (exact) mass is 332 g/mol. The minimum absolute atomic E-state index is 0.415. The summed E-state index contributed by atoms with van der Waals surface area (Å²) in [6.45, 7) is 0.437. The van der Waals surface area contributed by atoms with Crippen LogP contribution in [-0.2, 0) is 12.0 Å². The highest BCUT2D eigenvalue weighted by molar-refractivity contribution is 5.57. The molecule has 0 aliphatic heterocycles. The Morgan fingerprint density at radius 3 is 2.88 bits per heavy atom. The minimum Gasteiger partial charge on any atom is -0.489 e. The van der Waals surface area contributed by atoms with Crippen molar-refractivity contribution in [3.63, 3.8) is 0 Å². The standard InChI is InChI=1S/C19H16N4O2/c20-13-19(7-3-8-19)18-22-17(23-25-18)15-5-1-6-16(10-15)24-12-14-4-2-9-21-11-14/h1-2,4-6,9-11H,3,7-8,12H2. The summed E-state index contributed by atoms with van der Waals surface area (Å²) in [7, 11) is 0.